The smallest absolute Gasteiger partial charge is 0.416 e. The minimum Gasteiger partial charge on any atom is -0.505 e. The lowest BCUT2D eigenvalue weighted by molar-refractivity contribution is -0.137. The Labute approximate surface area is 124 Å². The summed E-state index contributed by atoms with van der Waals surface area (Å²) in [5.41, 5.74) is -1.28. The Hall–Kier alpha value is -0.760. The van der Waals surface area contributed by atoms with Crippen LogP contribution in [0.2, 0.25) is 0 Å². The first-order chi connectivity index (χ1) is 8.43. The van der Waals surface area contributed by atoms with Crippen LogP contribution in [0.4, 0.5) is 18.9 Å². The van der Waals surface area contributed by atoms with E-state index in [2.05, 4.69) is 37.2 Å². The quantitative estimate of drug-likeness (QED) is 0.570. The summed E-state index contributed by atoms with van der Waals surface area (Å²) in [6, 6.07) is 1.42. The topological polar surface area (TPSA) is 49.3 Å². The summed E-state index contributed by atoms with van der Waals surface area (Å²) < 4.78 is 36.8. The molecule has 8 heteroatoms. The Kier molecular flexibility index (Phi) is 4.56. The van der Waals surface area contributed by atoms with E-state index in [4.69, 9.17) is 0 Å². The third-order valence-corrected chi connectivity index (χ3v) is 3.14. The first-order valence-electron chi connectivity index (χ1n) is 5.03. The predicted molar refractivity (Wildman–Crippen MR) is 72.4 cm³/mol. The van der Waals surface area contributed by atoms with Crippen molar-refractivity contribution in [3.05, 3.63) is 22.2 Å². The molecule has 0 fully saturated rings. The van der Waals surface area contributed by atoms with E-state index in [1.807, 2.05) is 0 Å². The highest BCUT2D eigenvalue weighted by molar-refractivity contribution is 9.10. The Morgan fingerprint density at radius 3 is 2.26 bits per heavy atom. The van der Waals surface area contributed by atoms with Gasteiger partial charge in [-0.3, -0.25) is 4.79 Å². The SMILES string of the molecule is CC(C)(Br)C(=O)Nc1cc(C(F)(F)F)cc(Br)c1O. The van der Waals surface area contributed by atoms with Crippen molar-refractivity contribution >= 4 is 43.5 Å². The van der Waals surface area contributed by atoms with Crippen LogP contribution >= 0.6 is 31.9 Å². The van der Waals surface area contributed by atoms with Gasteiger partial charge in [-0.1, -0.05) is 15.9 Å². The summed E-state index contributed by atoms with van der Waals surface area (Å²) >= 11 is 5.89. The van der Waals surface area contributed by atoms with Crippen LogP contribution in [0.25, 0.3) is 0 Å². The lowest BCUT2D eigenvalue weighted by atomic mass is 10.1. The summed E-state index contributed by atoms with van der Waals surface area (Å²) in [6.45, 7) is 3.06. The molecule has 0 atom stereocenters. The summed E-state index contributed by atoms with van der Waals surface area (Å²) in [5, 5.41) is 11.9. The van der Waals surface area contributed by atoms with Crippen molar-refractivity contribution in [2.24, 2.45) is 0 Å². The number of alkyl halides is 4. The zero-order valence-corrected chi connectivity index (χ0v) is 13.1. The summed E-state index contributed by atoms with van der Waals surface area (Å²) in [6.07, 6.45) is -4.57. The number of hydrogen-bond donors (Lipinski definition) is 2. The molecular formula is C11H10Br2F3NO2. The fraction of sp³-hybridized carbons (Fsp3) is 0.364. The normalized spacial score (nSPS) is 12.4. The molecule has 0 heterocycles. The summed E-state index contributed by atoms with van der Waals surface area (Å²) in [4.78, 5) is 11.7. The summed E-state index contributed by atoms with van der Waals surface area (Å²) in [5.74, 6) is -1.04. The molecule has 106 valence electrons. The number of carbonyl (C=O) groups excluding carboxylic acids is 1. The van der Waals surface area contributed by atoms with Crippen LogP contribution in [-0.2, 0) is 11.0 Å². The number of phenols is 1. The van der Waals surface area contributed by atoms with Crippen LogP contribution in [0, 0.1) is 0 Å². The largest absolute Gasteiger partial charge is 0.505 e. The molecular weight excluding hydrogens is 395 g/mol. The third kappa shape index (κ3) is 4.10. The predicted octanol–water partition coefficient (Wildman–Crippen LogP) is 4.29. The minimum absolute atomic E-state index is 0.148. The number of aromatic hydroxyl groups is 1. The first kappa shape index (κ1) is 16.3. The lowest BCUT2D eigenvalue weighted by Crippen LogP contribution is -2.31. The van der Waals surface area contributed by atoms with E-state index < -0.39 is 27.7 Å². The number of amides is 1. The van der Waals surface area contributed by atoms with E-state index in [1.165, 1.54) is 13.8 Å². The molecule has 1 aromatic rings. The van der Waals surface area contributed by atoms with Gasteiger partial charge < -0.3 is 10.4 Å². The molecule has 0 saturated carbocycles. The third-order valence-electron chi connectivity index (χ3n) is 2.18. The average molecular weight is 405 g/mol. The van der Waals surface area contributed by atoms with Crippen LogP contribution in [0.15, 0.2) is 16.6 Å². The van der Waals surface area contributed by atoms with E-state index in [-0.39, 0.29) is 10.2 Å². The molecule has 0 saturated heterocycles. The maximum absolute atomic E-state index is 12.6. The fourth-order valence-corrected chi connectivity index (χ4v) is 1.69. The molecule has 0 bridgehead atoms. The molecule has 1 rings (SSSR count). The van der Waals surface area contributed by atoms with Crippen molar-refractivity contribution in [3.63, 3.8) is 0 Å². The van der Waals surface area contributed by atoms with Crippen molar-refractivity contribution in [3.8, 4) is 5.75 Å². The van der Waals surface area contributed by atoms with Gasteiger partial charge in [0.2, 0.25) is 5.91 Å². The molecule has 0 aliphatic carbocycles. The van der Waals surface area contributed by atoms with E-state index in [1.54, 1.807) is 0 Å². The van der Waals surface area contributed by atoms with Crippen molar-refractivity contribution < 1.29 is 23.1 Å². The highest BCUT2D eigenvalue weighted by atomic mass is 79.9. The van der Waals surface area contributed by atoms with Crippen LogP contribution in [0.5, 0.6) is 5.75 Å². The number of benzene rings is 1. The molecule has 0 unspecified atom stereocenters. The van der Waals surface area contributed by atoms with Gasteiger partial charge in [0.15, 0.2) is 5.75 Å². The highest BCUT2D eigenvalue weighted by Gasteiger charge is 2.33. The number of anilines is 1. The van der Waals surface area contributed by atoms with Crippen LogP contribution in [-0.4, -0.2) is 15.3 Å². The standard InChI is InChI=1S/C11H10Br2F3NO2/c1-10(2,13)9(19)17-7-4-5(11(14,15)16)3-6(12)8(7)18/h3-4,18H,1-2H3,(H,17,19). The van der Waals surface area contributed by atoms with Gasteiger partial charge in [0.1, 0.15) is 0 Å². The van der Waals surface area contributed by atoms with E-state index in [9.17, 15) is 23.1 Å². The average Bonchev–Trinajstić information content (AvgIpc) is 2.21. The van der Waals surface area contributed by atoms with Gasteiger partial charge in [0.05, 0.1) is 20.0 Å². The van der Waals surface area contributed by atoms with Gasteiger partial charge in [0.25, 0.3) is 0 Å². The second-order valence-corrected chi connectivity index (χ2v) is 7.12. The maximum Gasteiger partial charge on any atom is 0.416 e. The van der Waals surface area contributed by atoms with Crippen molar-refractivity contribution in [1.82, 2.24) is 0 Å². The molecule has 1 aromatic carbocycles. The zero-order valence-electron chi connectivity index (χ0n) is 9.90. The molecule has 3 nitrogen and oxygen atoms in total. The summed E-state index contributed by atoms with van der Waals surface area (Å²) in [7, 11) is 0. The van der Waals surface area contributed by atoms with Gasteiger partial charge in [0, 0.05) is 0 Å². The lowest BCUT2D eigenvalue weighted by Gasteiger charge is -2.18. The Morgan fingerprint density at radius 2 is 1.84 bits per heavy atom. The minimum atomic E-state index is -4.57. The molecule has 2 N–H and O–H groups in total. The van der Waals surface area contributed by atoms with Gasteiger partial charge in [-0.25, -0.2) is 0 Å². The first-order valence-corrected chi connectivity index (χ1v) is 6.61. The molecule has 0 aliphatic heterocycles. The second kappa shape index (κ2) is 5.32. The monoisotopic (exact) mass is 403 g/mol. The number of carbonyl (C=O) groups is 1. The number of rotatable bonds is 2. The fourth-order valence-electron chi connectivity index (χ4n) is 1.13. The second-order valence-electron chi connectivity index (χ2n) is 4.28. The molecule has 0 aromatic heterocycles. The van der Waals surface area contributed by atoms with Crippen LogP contribution in [0.3, 0.4) is 0 Å². The maximum atomic E-state index is 12.6. The molecule has 1 amide bonds. The van der Waals surface area contributed by atoms with Crippen LogP contribution in [0.1, 0.15) is 19.4 Å². The van der Waals surface area contributed by atoms with E-state index in [0.717, 1.165) is 6.07 Å². The molecule has 0 radical (unpaired) electrons. The Balaban J connectivity index is 3.21. The van der Waals surface area contributed by atoms with Crippen LogP contribution < -0.4 is 5.32 Å². The Bertz CT molecular complexity index is 510. The number of nitrogens with one attached hydrogen (secondary N) is 1. The molecule has 19 heavy (non-hydrogen) atoms. The number of hydrogen-bond acceptors (Lipinski definition) is 2. The zero-order chi connectivity index (χ0) is 15.0. The number of halogens is 5. The number of phenolic OH excluding ortho intramolecular Hbond substituents is 1. The highest BCUT2D eigenvalue weighted by Crippen LogP contribution is 2.40. The van der Waals surface area contributed by atoms with E-state index >= 15 is 0 Å². The Morgan fingerprint density at radius 1 is 1.32 bits per heavy atom. The van der Waals surface area contributed by atoms with Crippen molar-refractivity contribution in [1.29, 1.82) is 0 Å². The van der Waals surface area contributed by atoms with Gasteiger partial charge in [-0.2, -0.15) is 13.2 Å². The van der Waals surface area contributed by atoms with E-state index in [0.29, 0.717) is 6.07 Å². The van der Waals surface area contributed by atoms with Crippen molar-refractivity contribution in [2.75, 3.05) is 5.32 Å². The van der Waals surface area contributed by atoms with Gasteiger partial charge >= 0.3 is 6.18 Å². The molecule has 0 spiro atoms. The molecule has 0 aliphatic rings. The van der Waals surface area contributed by atoms with Gasteiger partial charge in [-0.15, -0.1) is 0 Å². The van der Waals surface area contributed by atoms with Gasteiger partial charge in [-0.05, 0) is 41.9 Å². The van der Waals surface area contributed by atoms with Crippen molar-refractivity contribution in [2.45, 2.75) is 24.3 Å².